The lowest BCUT2D eigenvalue weighted by atomic mass is 10.1. The zero-order valence-corrected chi connectivity index (χ0v) is 16.2. The highest BCUT2D eigenvalue weighted by atomic mass is 35.5. The molecule has 0 spiro atoms. The SMILES string of the molecule is CC(Nc1nccc(-c2scnc2-c2cccc(Cl)c2)n1)c1ccccc1. The first kappa shape index (κ1) is 17.6. The second-order valence-electron chi connectivity index (χ2n) is 6.08. The van der Waals surface area contributed by atoms with E-state index >= 15 is 0 Å². The van der Waals surface area contributed by atoms with Gasteiger partial charge in [-0.1, -0.05) is 54.1 Å². The van der Waals surface area contributed by atoms with Gasteiger partial charge in [-0.2, -0.15) is 0 Å². The van der Waals surface area contributed by atoms with Gasteiger partial charge in [-0.25, -0.2) is 15.0 Å². The number of nitrogens with one attached hydrogen (secondary N) is 1. The Hall–Kier alpha value is -2.76. The third-order valence-corrected chi connectivity index (χ3v) is 5.28. The van der Waals surface area contributed by atoms with Crippen LogP contribution in [0.4, 0.5) is 5.95 Å². The van der Waals surface area contributed by atoms with Gasteiger partial charge in [0.1, 0.15) is 0 Å². The summed E-state index contributed by atoms with van der Waals surface area (Å²) in [5.74, 6) is 0.592. The quantitative estimate of drug-likeness (QED) is 0.446. The van der Waals surface area contributed by atoms with Crippen molar-refractivity contribution in [1.29, 1.82) is 0 Å². The van der Waals surface area contributed by atoms with Crippen LogP contribution in [0, 0.1) is 0 Å². The Balaban J connectivity index is 1.63. The van der Waals surface area contributed by atoms with E-state index in [0.29, 0.717) is 11.0 Å². The highest BCUT2D eigenvalue weighted by molar-refractivity contribution is 7.13. The first-order valence-electron chi connectivity index (χ1n) is 8.55. The molecule has 134 valence electrons. The summed E-state index contributed by atoms with van der Waals surface area (Å²) in [4.78, 5) is 14.6. The van der Waals surface area contributed by atoms with Gasteiger partial charge in [0.25, 0.3) is 0 Å². The summed E-state index contributed by atoms with van der Waals surface area (Å²) >= 11 is 7.70. The van der Waals surface area contributed by atoms with Crippen LogP contribution in [-0.4, -0.2) is 15.0 Å². The van der Waals surface area contributed by atoms with Crippen LogP contribution in [0.3, 0.4) is 0 Å². The monoisotopic (exact) mass is 392 g/mol. The summed E-state index contributed by atoms with van der Waals surface area (Å²) in [5, 5.41) is 4.06. The van der Waals surface area contributed by atoms with E-state index in [1.807, 2.05) is 54.0 Å². The van der Waals surface area contributed by atoms with Gasteiger partial charge in [-0.3, -0.25) is 0 Å². The maximum atomic E-state index is 6.14. The van der Waals surface area contributed by atoms with E-state index in [0.717, 1.165) is 21.8 Å². The Labute approximate surface area is 166 Å². The van der Waals surface area contributed by atoms with Crippen LogP contribution in [0.1, 0.15) is 18.5 Å². The molecule has 2 aromatic carbocycles. The van der Waals surface area contributed by atoms with Gasteiger partial charge in [0.05, 0.1) is 27.8 Å². The zero-order valence-electron chi connectivity index (χ0n) is 14.6. The van der Waals surface area contributed by atoms with Crippen molar-refractivity contribution >= 4 is 28.9 Å². The van der Waals surface area contributed by atoms with Gasteiger partial charge >= 0.3 is 0 Å². The number of anilines is 1. The van der Waals surface area contributed by atoms with Crippen molar-refractivity contribution in [3.05, 3.63) is 83.0 Å². The van der Waals surface area contributed by atoms with Crippen molar-refractivity contribution in [3.8, 4) is 21.8 Å². The predicted molar refractivity (Wildman–Crippen MR) is 112 cm³/mol. The molecule has 0 fully saturated rings. The number of thiazole rings is 1. The van der Waals surface area contributed by atoms with Gasteiger partial charge in [0.15, 0.2) is 0 Å². The first-order valence-corrected chi connectivity index (χ1v) is 9.81. The van der Waals surface area contributed by atoms with Crippen LogP contribution in [0.5, 0.6) is 0 Å². The third kappa shape index (κ3) is 3.99. The summed E-state index contributed by atoms with van der Waals surface area (Å²) in [6.07, 6.45) is 1.77. The minimum absolute atomic E-state index is 0.107. The Morgan fingerprint density at radius 2 is 1.85 bits per heavy atom. The van der Waals surface area contributed by atoms with Crippen molar-refractivity contribution in [2.45, 2.75) is 13.0 Å². The van der Waals surface area contributed by atoms with Crippen molar-refractivity contribution in [1.82, 2.24) is 15.0 Å². The molecule has 0 saturated heterocycles. The molecule has 0 bridgehead atoms. The van der Waals surface area contributed by atoms with E-state index < -0.39 is 0 Å². The number of hydrogen-bond donors (Lipinski definition) is 1. The highest BCUT2D eigenvalue weighted by Gasteiger charge is 2.14. The largest absolute Gasteiger partial charge is 0.348 e. The maximum absolute atomic E-state index is 6.14. The fourth-order valence-corrected chi connectivity index (χ4v) is 3.81. The number of benzene rings is 2. The normalized spacial score (nSPS) is 11.9. The van der Waals surface area contributed by atoms with Crippen LogP contribution >= 0.6 is 22.9 Å². The number of hydrogen-bond acceptors (Lipinski definition) is 5. The van der Waals surface area contributed by atoms with Crippen LogP contribution in [0.2, 0.25) is 5.02 Å². The summed E-state index contributed by atoms with van der Waals surface area (Å²) < 4.78 is 0. The molecule has 4 nitrogen and oxygen atoms in total. The van der Waals surface area contributed by atoms with E-state index in [-0.39, 0.29) is 6.04 Å². The Bertz CT molecular complexity index is 1050. The molecule has 27 heavy (non-hydrogen) atoms. The minimum atomic E-state index is 0.107. The standard InChI is InChI=1S/C21H17ClN4S/c1-14(15-6-3-2-4-7-15)25-21-23-11-10-18(26-21)20-19(24-13-27-20)16-8-5-9-17(22)12-16/h2-14H,1H3,(H,23,25,26). The minimum Gasteiger partial charge on any atom is -0.348 e. The van der Waals surface area contributed by atoms with E-state index in [4.69, 9.17) is 16.6 Å². The van der Waals surface area contributed by atoms with Crippen LogP contribution < -0.4 is 5.32 Å². The Morgan fingerprint density at radius 3 is 2.67 bits per heavy atom. The lowest BCUT2D eigenvalue weighted by Crippen LogP contribution is -2.09. The van der Waals surface area contributed by atoms with Gasteiger partial charge < -0.3 is 5.32 Å². The second-order valence-corrected chi connectivity index (χ2v) is 7.37. The molecule has 2 aromatic heterocycles. The van der Waals surface area contributed by atoms with Gasteiger partial charge in [-0.05, 0) is 30.7 Å². The molecule has 1 N–H and O–H groups in total. The van der Waals surface area contributed by atoms with Gasteiger partial charge in [-0.15, -0.1) is 11.3 Å². The first-order chi connectivity index (χ1) is 13.2. The number of nitrogens with zero attached hydrogens (tertiary/aromatic N) is 3. The van der Waals surface area contributed by atoms with Gasteiger partial charge in [0.2, 0.25) is 5.95 Å². The molecule has 0 aliphatic carbocycles. The van der Waals surface area contributed by atoms with Crippen LogP contribution in [0.25, 0.3) is 21.8 Å². The molecule has 4 rings (SSSR count). The number of aromatic nitrogens is 3. The third-order valence-electron chi connectivity index (χ3n) is 4.20. The van der Waals surface area contributed by atoms with Crippen LogP contribution in [-0.2, 0) is 0 Å². The lowest BCUT2D eigenvalue weighted by molar-refractivity contribution is 0.861. The summed E-state index contributed by atoms with van der Waals surface area (Å²) in [6.45, 7) is 2.09. The van der Waals surface area contributed by atoms with E-state index in [1.54, 1.807) is 17.5 Å². The van der Waals surface area contributed by atoms with Crippen molar-refractivity contribution in [3.63, 3.8) is 0 Å². The van der Waals surface area contributed by atoms with Crippen molar-refractivity contribution in [2.75, 3.05) is 5.32 Å². The second kappa shape index (κ2) is 7.86. The summed E-state index contributed by atoms with van der Waals surface area (Å²) in [6, 6.07) is 19.9. The smallest absolute Gasteiger partial charge is 0.223 e. The number of halogens is 1. The highest BCUT2D eigenvalue weighted by Crippen LogP contribution is 2.34. The Kier molecular flexibility index (Phi) is 5.14. The molecular weight excluding hydrogens is 376 g/mol. The molecule has 0 radical (unpaired) electrons. The molecular formula is C21H17ClN4S. The molecule has 2 heterocycles. The fraction of sp³-hybridized carbons (Fsp3) is 0.0952. The molecule has 0 saturated carbocycles. The molecule has 4 aromatic rings. The van der Waals surface area contributed by atoms with E-state index in [9.17, 15) is 0 Å². The molecule has 6 heteroatoms. The van der Waals surface area contributed by atoms with E-state index in [2.05, 4.69) is 34.3 Å². The molecule has 0 aliphatic heterocycles. The van der Waals surface area contributed by atoms with E-state index in [1.165, 1.54) is 5.56 Å². The average molecular weight is 393 g/mol. The summed E-state index contributed by atoms with van der Waals surface area (Å²) in [5.41, 5.74) is 5.70. The molecule has 0 aliphatic rings. The van der Waals surface area contributed by atoms with Crippen molar-refractivity contribution in [2.24, 2.45) is 0 Å². The fourth-order valence-electron chi connectivity index (χ4n) is 2.84. The van der Waals surface area contributed by atoms with Crippen molar-refractivity contribution < 1.29 is 0 Å². The lowest BCUT2D eigenvalue weighted by Gasteiger charge is -2.14. The predicted octanol–water partition coefficient (Wildman–Crippen LogP) is 6.09. The van der Waals surface area contributed by atoms with Gasteiger partial charge in [0, 0.05) is 16.8 Å². The topological polar surface area (TPSA) is 50.7 Å². The zero-order chi connectivity index (χ0) is 18.6. The number of rotatable bonds is 5. The molecule has 1 unspecified atom stereocenters. The molecule has 1 atom stereocenters. The molecule has 0 amide bonds. The van der Waals surface area contributed by atoms with Crippen LogP contribution in [0.15, 0.2) is 72.4 Å². The Morgan fingerprint density at radius 1 is 1.00 bits per heavy atom. The maximum Gasteiger partial charge on any atom is 0.223 e. The summed E-state index contributed by atoms with van der Waals surface area (Å²) in [7, 11) is 0. The average Bonchev–Trinajstić information content (AvgIpc) is 3.19.